The van der Waals surface area contributed by atoms with Gasteiger partial charge in [0.15, 0.2) is 0 Å². The van der Waals surface area contributed by atoms with E-state index in [2.05, 4.69) is 5.10 Å². The lowest BCUT2D eigenvalue weighted by atomic mass is 9.80. The Balaban J connectivity index is 1.83. The minimum Gasteiger partial charge on any atom is -0.481 e. The molecule has 3 atom stereocenters. The van der Waals surface area contributed by atoms with Gasteiger partial charge in [0.05, 0.1) is 36.7 Å². The van der Waals surface area contributed by atoms with Crippen LogP contribution in [-0.4, -0.2) is 47.4 Å². The summed E-state index contributed by atoms with van der Waals surface area (Å²) in [7, 11) is 3.45. The molecule has 3 rings (SSSR count). The lowest BCUT2D eigenvalue weighted by Gasteiger charge is -2.39. The van der Waals surface area contributed by atoms with E-state index < -0.39 is 6.10 Å². The molecule has 0 amide bonds. The van der Waals surface area contributed by atoms with E-state index in [1.165, 1.54) is 0 Å². The van der Waals surface area contributed by atoms with Crippen LogP contribution in [-0.2, 0) is 16.5 Å². The molecule has 0 radical (unpaired) electrons. The fourth-order valence-corrected chi connectivity index (χ4v) is 3.67. The average molecular weight is 296 g/mol. The first-order valence-electron chi connectivity index (χ1n) is 7.53. The smallest absolute Gasteiger partial charge is 0.217 e. The first kappa shape index (κ1) is 14.8. The van der Waals surface area contributed by atoms with E-state index in [9.17, 15) is 5.11 Å². The van der Waals surface area contributed by atoms with Crippen molar-refractivity contribution in [2.75, 3.05) is 26.9 Å². The van der Waals surface area contributed by atoms with Crippen LogP contribution in [0.25, 0.3) is 0 Å². The molecule has 0 aromatic carbocycles. The van der Waals surface area contributed by atoms with Crippen LogP contribution in [0.3, 0.4) is 0 Å². The summed E-state index contributed by atoms with van der Waals surface area (Å²) in [4.78, 5) is 0. The molecule has 21 heavy (non-hydrogen) atoms. The number of hydrogen-bond donors (Lipinski definition) is 1. The van der Waals surface area contributed by atoms with Crippen molar-refractivity contribution in [3.05, 3.63) is 11.3 Å². The predicted molar refractivity (Wildman–Crippen MR) is 76.3 cm³/mol. The van der Waals surface area contributed by atoms with E-state index in [0.717, 1.165) is 37.1 Å². The Bertz CT molecular complexity index is 508. The normalized spacial score (nSPS) is 30.8. The number of nitrogens with zero attached hydrogens (tertiary/aromatic N) is 2. The molecule has 1 aromatic heterocycles. The Labute approximate surface area is 125 Å². The molecule has 2 fully saturated rings. The topological polar surface area (TPSA) is 65.7 Å². The molecular weight excluding hydrogens is 272 g/mol. The molecule has 1 spiro atoms. The van der Waals surface area contributed by atoms with Gasteiger partial charge in [-0.2, -0.15) is 5.10 Å². The van der Waals surface area contributed by atoms with Crippen LogP contribution in [0.2, 0.25) is 0 Å². The summed E-state index contributed by atoms with van der Waals surface area (Å²) >= 11 is 0. The highest BCUT2D eigenvalue weighted by Gasteiger charge is 2.44. The molecule has 3 unspecified atom stereocenters. The lowest BCUT2D eigenvalue weighted by molar-refractivity contribution is -0.117. The van der Waals surface area contributed by atoms with Crippen molar-refractivity contribution in [3.63, 3.8) is 0 Å². The number of aliphatic hydroxyl groups excluding tert-OH is 1. The van der Waals surface area contributed by atoms with Crippen LogP contribution >= 0.6 is 0 Å². The summed E-state index contributed by atoms with van der Waals surface area (Å²) in [6.45, 7) is 3.97. The van der Waals surface area contributed by atoms with Gasteiger partial charge in [0, 0.05) is 26.7 Å². The number of ether oxygens (including phenoxy) is 3. The van der Waals surface area contributed by atoms with Gasteiger partial charge in [-0.3, -0.25) is 0 Å². The zero-order chi connectivity index (χ0) is 15.0. The number of rotatable bonds is 3. The van der Waals surface area contributed by atoms with E-state index in [1.807, 2.05) is 14.0 Å². The van der Waals surface area contributed by atoms with Gasteiger partial charge < -0.3 is 19.3 Å². The third-order valence-electron chi connectivity index (χ3n) is 4.75. The Morgan fingerprint density at radius 2 is 2.29 bits per heavy atom. The maximum Gasteiger partial charge on any atom is 0.217 e. The Kier molecular flexibility index (Phi) is 3.94. The molecule has 6 heteroatoms. The molecule has 1 aromatic rings. The van der Waals surface area contributed by atoms with Gasteiger partial charge in [0.2, 0.25) is 5.88 Å². The molecule has 0 bridgehead atoms. The largest absolute Gasteiger partial charge is 0.481 e. The Hall–Kier alpha value is -1.11. The second-order valence-corrected chi connectivity index (χ2v) is 6.16. The van der Waals surface area contributed by atoms with E-state index in [1.54, 1.807) is 11.8 Å². The maximum atomic E-state index is 10.9. The summed E-state index contributed by atoms with van der Waals surface area (Å²) in [6, 6.07) is 0. The number of hydrogen-bond acceptors (Lipinski definition) is 5. The van der Waals surface area contributed by atoms with Gasteiger partial charge >= 0.3 is 0 Å². The summed E-state index contributed by atoms with van der Waals surface area (Å²) in [5, 5.41) is 15.2. The average Bonchev–Trinajstić information content (AvgIpc) is 3.02. The molecule has 0 aliphatic carbocycles. The number of aliphatic hydroxyl groups is 1. The molecule has 2 aliphatic heterocycles. The zero-order valence-corrected chi connectivity index (χ0v) is 13.0. The number of methoxy groups -OCH3 is 1. The minimum absolute atomic E-state index is 0.150. The van der Waals surface area contributed by atoms with Crippen molar-refractivity contribution in [1.29, 1.82) is 0 Å². The van der Waals surface area contributed by atoms with Crippen molar-refractivity contribution >= 4 is 0 Å². The highest BCUT2D eigenvalue weighted by molar-refractivity contribution is 5.33. The van der Waals surface area contributed by atoms with Gasteiger partial charge in [0.1, 0.15) is 0 Å². The van der Waals surface area contributed by atoms with Gasteiger partial charge in [-0.25, -0.2) is 4.68 Å². The summed E-state index contributed by atoms with van der Waals surface area (Å²) in [6.07, 6.45) is 2.01. The molecule has 3 heterocycles. The predicted octanol–water partition coefficient (Wildman–Crippen LogP) is 1.36. The van der Waals surface area contributed by atoms with E-state index in [-0.39, 0.29) is 11.5 Å². The van der Waals surface area contributed by atoms with E-state index >= 15 is 0 Å². The van der Waals surface area contributed by atoms with Crippen LogP contribution in [0.4, 0.5) is 0 Å². The summed E-state index contributed by atoms with van der Waals surface area (Å²) in [5.74, 6) is 0.792. The number of aryl methyl sites for hydroxylation is 2. The second kappa shape index (κ2) is 5.59. The van der Waals surface area contributed by atoms with Crippen molar-refractivity contribution in [1.82, 2.24) is 9.78 Å². The van der Waals surface area contributed by atoms with Gasteiger partial charge in [0.25, 0.3) is 0 Å². The second-order valence-electron chi connectivity index (χ2n) is 6.16. The maximum absolute atomic E-state index is 10.9. The van der Waals surface area contributed by atoms with Crippen molar-refractivity contribution in [2.45, 2.75) is 37.9 Å². The Morgan fingerprint density at radius 3 is 2.95 bits per heavy atom. The highest BCUT2D eigenvalue weighted by atomic mass is 16.6. The van der Waals surface area contributed by atoms with Crippen molar-refractivity contribution in [3.8, 4) is 5.88 Å². The van der Waals surface area contributed by atoms with Crippen LogP contribution < -0.4 is 4.74 Å². The molecular formula is C15H24N2O4. The molecule has 6 nitrogen and oxygen atoms in total. The van der Waals surface area contributed by atoms with Crippen LogP contribution in [0.15, 0.2) is 0 Å². The van der Waals surface area contributed by atoms with Gasteiger partial charge in [-0.05, 0) is 25.7 Å². The highest BCUT2D eigenvalue weighted by Crippen LogP contribution is 2.43. The molecule has 1 N–H and O–H groups in total. The molecule has 2 saturated heterocycles. The monoisotopic (exact) mass is 296 g/mol. The third-order valence-corrected chi connectivity index (χ3v) is 4.75. The molecule has 0 saturated carbocycles. The van der Waals surface area contributed by atoms with Gasteiger partial charge in [-0.1, -0.05) is 0 Å². The standard InChI is InChI=1S/C15H24N2O4/c1-10-12(14(19-3)17(2)16-10)13(18)11-4-6-21-15(8-11)5-7-20-9-15/h11,13,18H,4-9H2,1-3H3. The molecule has 2 aliphatic rings. The SMILES string of the molecule is COc1c(C(O)C2CCOC3(CCOC3)C2)c(C)nn1C. The van der Waals surface area contributed by atoms with Crippen LogP contribution in [0.1, 0.15) is 36.6 Å². The van der Waals surface area contributed by atoms with E-state index in [4.69, 9.17) is 14.2 Å². The quantitative estimate of drug-likeness (QED) is 0.912. The first-order chi connectivity index (χ1) is 10.1. The van der Waals surface area contributed by atoms with Crippen molar-refractivity contribution in [2.24, 2.45) is 13.0 Å². The summed E-state index contributed by atoms with van der Waals surface area (Å²) in [5.41, 5.74) is 1.43. The fourth-order valence-electron chi connectivity index (χ4n) is 3.67. The third kappa shape index (κ3) is 2.56. The first-order valence-corrected chi connectivity index (χ1v) is 7.53. The molecule has 118 valence electrons. The Morgan fingerprint density at radius 1 is 1.48 bits per heavy atom. The van der Waals surface area contributed by atoms with E-state index in [0.29, 0.717) is 19.1 Å². The summed E-state index contributed by atoms with van der Waals surface area (Å²) < 4.78 is 18.5. The number of aromatic nitrogens is 2. The van der Waals surface area contributed by atoms with Gasteiger partial charge in [-0.15, -0.1) is 0 Å². The lowest BCUT2D eigenvalue weighted by Crippen LogP contribution is -2.42. The van der Waals surface area contributed by atoms with Crippen LogP contribution in [0.5, 0.6) is 5.88 Å². The van der Waals surface area contributed by atoms with Crippen molar-refractivity contribution < 1.29 is 19.3 Å². The minimum atomic E-state index is -0.574. The van der Waals surface area contributed by atoms with Crippen LogP contribution in [0, 0.1) is 12.8 Å². The zero-order valence-electron chi connectivity index (χ0n) is 13.0. The fraction of sp³-hybridized carbons (Fsp3) is 0.800.